The molecular formula is C12H16ClFN2O2. The third-order valence-corrected chi connectivity index (χ3v) is 4.03. The molecule has 1 fully saturated rings. The summed E-state index contributed by atoms with van der Waals surface area (Å²) in [6.07, 6.45) is 5.31. The summed E-state index contributed by atoms with van der Waals surface area (Å²) >= 11 is 5.44. The summed E-state index contributed by atoms with van der Waals surface area (Å²) in [6.45, 7) is 1.79. The highest BCUT2D eigenvalue weighted by Crippen LogP contribution is 2.31. The second-order valence-electron chi connectivity index (χ2n) is 4.87. The first kappa shape index (κ1) is 13.3. The molecule has 4 nitrogen and oxygen atoms in total. The third-order valence-electron chi connectivity index (χ3n) is 3.77. The van der Waals surface area contributed by atoms with E-state index >= 15 is 0 Å². The Balaban J connectivity index is 2.41. The molecule has 2 rings (SSSR count). The Morgan fingerprint density at radius 3 is 2.56 bits per heavy atom. The van der Waals surface area contributed by atoms with Crippen molar-refractivity contribution in [2.24, 2.45) is 5.92 Å². The molecule has 1 atom stereocenters. The smallest absolute Gasteiger partial charge is 0.295 e. The fraction of sp³-hybridized carbons (Fsp3) is 0.667. The molecule has 1 aromatic heterocycles. The van der Waals surface area contributed by atoms with Crippen LogP contribution < -0.4 is 11.2 Å². The van der Waals surface area contributed by atoms with Gasteiger partial charge in [-0.2, -0.15) is 4.39 Å². The van der Waals surface area contributed by atoms with Gasteiger partial charge in [-0.25, -0.2) is 4.79 Å². The van der Waals surface area contributed by atoms with Crippen LogP contribution in [0.5, 0.6) is 0 Å². The van der Waals surface area contributed by atoms with Crippen LogP contribution in [0.25, 0.3) is 0 Å². The number of hydrogen-bond donors (Lipinski definition) is 1. The van der Waals surface area contributed by atoms with Gasteiger partial charge in [0, 0.05) is 6.04 Å². The van der Waals surface area contributed by atoms with Crippen LogP contribution in [-0.2, 0) is 0 Å². The Morgan fingerprint density at radius 2 is 1.94 bits per heavy atom. The predicted octanol–water partition coefficient (Wildman–Crippen LogP) is 2.47. The molecule has 1 aliphatic carbocycles. The third kappa shape index (κ3) is 2.36. The van der Waals surface area contributed by atoms with E-state index in [0.29, 0.717) is 0 Å². The minimum Gasteiger partial charge on any atom is -0.295 e. The number of hydrogen-bond acceptors (Lipinski definition) is 2. The number of H-pyrrole nitrogens is 1. The van der Waals surface area contributed by atoms with Gasteiger partial charge in [-0.3, -0.25) is 14.3 Å². The van der Waals surface area contributed by atoms with Crippen LogP contribution in [-0.4, -0.2) is 9.55 Å². The molecule has 1 saturated carbocycles. The average molecular weight is 275 g/mol. The first-order valence-corrected chi connectivity index (χ1v) is 6.60. The van der Waals surface area contributed by atoms with E-state index in [4.69, 9.17) is 11.6 Å². The number of nitrogens with one attached hydrogen (secondary N) is 1. The van der Waals surface area contributed by atoms with Crippen LogP contribution in [0, 0.1) is 11.7 Å². The van der Waals surface area contributed by atoms with E-state index < -0.39 is 22.2 Å². The van der Waals surface area contributed by atoms with Gasteiger partial charge in [0.15, 0.2) is 5.15 Å². The van der Waals surface area contributed by atoms with Crippen molar-refractivity contribution in [1.29, 1.82) is 0 Å². The van der Waals surface area contributed by atoms with Crippen molar-refractivity contribution in [3.8, 4) is 0 Å². The predicted molar refractivity (Wildman–Crippen MR) is 67.6 cm³/mol. The molecule has 0 aromatic carbocycles. The van der Waals surface area contributed by atoms with Crippen molar-refractivity contribution >= 4 is 11.6 Å². The molecule has 1 N–H and O–H groups in total. The second-order valence-corrected chi connectivity index (χ2v) is 5.25. The van der Waals surface area contributed by atoms with Crippen molar-refractivity contribution < 1.29 is 4.39 Å². The highest BCUT2D eigenvalue weighted by molar-refractivity contribution is 6.29. The van der Waals surface area contributed by atoms with E-state index in [1.165, 1.54) is 6.42 Å². The van der Waals surface area contributed by atoms with E-state index in [1.807, 2.05) is 0 Å². The first-order chi connectivity index (χ1) is 8.52. The average Bonchev–Trinajstić information content (AvgIpc) is 2.37. The summed E-state index contributed by atoms with van der Waals surface area (Å²) in [4.78, 5) is 25.7. The molecule has 0 aliphatic heterocycles. The summed E-state index contributed by atoms with van der Waals surface area (Å²) in [7, 11) is 0. The molecule has 6 heteroatoms. The van der Waals surface area contributed by atoms with E-state index in [2.05, 4.69) is 4.98 Å². The van der Waals surface area contributed by atoms with Gasteiger partial charge < -0.3 is 0 Å². The Morgan fingerprint density at radius 1 is 1.33 bits per heavy atom. The standard InChI is InChI=1S/C12H16ClFN2O2/c1-7(8-5-3-2-4-6-8)16-11(17)9(14)10(13)15-12(16)18/h7-8H,2-6H2,1H3,(H,15,18). The molecule has 1 heterocycles. The van der Waals surface area contributed by atoms with Gasteiger partial charge in [0.25, 0.3) is 5.56 Å². The van der Waals surface area contributed by atoms with Crippen LogP contribution in [0.2, 0.25) is 5.15 Å². The van der Waals surface area contributed by atoms with Gasteiger partial charge in [0.05, 0.1) is 0 Å². The van der Waals surface area contributed by atoms with Crippen molar-refractivity contribution in [3.05, 3.63) is 31.8 Å². The van der Waals surface area contributed by atoms with Crippen LogP contribution in [0.4, 0.5) is 4.39 Å². The lowest BCUT2D eigenvalue weighted by molar-refractivity contribution is 0.251. The molecule has 100 valence electrons. The van der Waals surface area contributed by atoms with Crippen molar-refractivity contribution in [2.45, 2.75) is 45.1 Å². The maximum absolute atomic E-state index is 13.5. The topological polar surface area (TPSA) is 54.9 Å². The van der Waals surface area contributed by atoms with Gasteiger partial charge in [-0.15, -0.1) is 0 Å². The summed E-state index contributed by atoms with van der Waals surface area (Å²) in [5.41, 5.74) is -1.56. The fourth-order valence-corrected chi connectivity index (χ4v) is 2.86. The maximum atomic E-state index is 13.5. The lowest BCUT2D eigenvalue weighted by atomic mass is 9.84. The number of rotatable bonds is 2. The molecule has 0 radical (unpaired) electrons. The molecule has 0 bridgehead atoms. The zero-order valence-electron chi connectivity index (χ0n) is 10.2. The number of aromatic nitrogens is 2. The Hall–Kier alpha value is -1.10. The van der Waals surface area contributed by atoms with Gasteiger partial charge in [-0.05, 0) is 25.7 Å². The number of aromatic amines is 1. The van der Waals surface area contributed by atoms with Gasteiger partial charge in [-0.1, -0.05) is 30.9 Å². The quantitative estimate of drug-likeness (QED) is 0.843. The van der Waals surface area contributed by atoms with Crippen LogP contribution in [0.15, 0.2) is 9.59 Å². The highest BCUT2D eigenvalue weighted by Gasteiger charge is 2.25. The second kappa shape index (κ2) is 5.26. The van der Waals surface area contributed by atoms with E-state index in [-0.39, 0.29) is 12.0 Å². The van der Waals surface area contributed by atoms with Crippen LogP contribution >= 0.6 is 11.6 Å². The number of nitrogens with zero attached hydrogens (tertiary/aromatic N) is 1. The van der Waals surface area contributed by atoms with Crippen molar-refractivity contribution in [2.75, 3.05) is 0 Å². The largest absolute Gasteiger partial charge is 0.329 e. The Labute approximate surface area is 109 Å². The van der Waals surface area contributed by atoms with Crippen molar-refractivity contribution in [1.82, 2.24) is 9.55 Å². The lowest BCUT2D eigenvalue weighted by Crippen LogP contribution is -2.41. The summed E-state index contributed by atoms with van der Waals surface area (Å²) in [5.74, 6) is -0.836. The Bertz CT molecular complexity index is 546. The van der Waals surface area contributed by atoms with E-state index in [0.717, 1.165) is 30.3 Å². The van der Waals surface area contributed by atoms with Crippen LogP contribution in [0.1, 0.15) is 45.1 Å². The zero-order valence-corrected chi connectivity index (χ0v) is 11.0. The lowest BCUT2D eigenvalue weighted by Gasteiger charge is -2.28. The van der Waals surface area contributed by atoms with Crippen LogP contribution in [0.3, 0.4) is 0 Å². The molecule has 0 spiro atoms. The summed E-state index contributed by atoms with van der Waals surface area (Å²) < 4.78 is 14.4. The molecule has 0 amide bonds. The minimum atomic E-state index is -1.08. The monoisotopic (exact) mass is 274 g/mol. The normalized spacial score (nSPS) is 18.8. The number of halogens is 2. The molecule has 0 saturated heterocycles. The zero-order chi connectivity index (χ0) is 13.3. The van der Waals surface area contributed by atoms with Gasteiger partial charge in [0.2, 0.25) is 5.82 Å². The Kier molecular flexibility index (Phi) is 3.90. The summed E-state index contributed by atoms with van der Waals surface area (Å²) in [6, 6.07) is -0.298. The van der Waals surface area contributed by atoms with Gasteiger partial charge in [0.1, 0.15) is 0 Å². The maximum Gasteiger partial charge on any atom is 0.329 e. The van der Waals surface area contributed by atoms with E-state index in [1.54, 1.807) is 6.92 Å². The molecule has 1 unspecified atom stereocenters. The SMILES string of the molecule is CC(C1CCCCC1)n1c(=O)[nH]c(Cl)c(F)c1=O. The minimum absolute atomic E-state index is 0.248. The summed E-state index contributed by atoms with van der Waals surface area (Å²) in [5, 5.41) is -0.517. The van der Waals surface area contributed by atoms with E-state index in [9.17, 15) is 14.0 Å². The molecule has 1 aliphatic rings. The highest BCUT2D eigenvalue weighted by atomic mass is 35.5. The molecular weight excluding hydrogens is 259 g/mol. The molecule has 18 heavy (non-hydrogen) atoms. The fourth-order valence-electron chi connectivity index (χ4n) is 2.70. The van der Waals surface area contributed by atoms with Gasteiger partial charge >= 0.3 is 5.69 Å². The first-order valence-electron chi connectivity index (χ1n) is 6.22. The molecule has 1 aromatic rings. The van der Waals surface area contributed by atoms with Crippen molar-refractivity contribution in [3.63, 3.8) is 0 Å².